The Morgan fingerprint density at radius 3 is 2.04 bits per heavy atom. The number of aromatic nitrogens is 1. The quantitative estimate of drug-likeness (QED) is 0.542. The SMILES string of the molecule is N#CC[NH+]1CC[NH+](CC(O)Cn2c3ccccc3c3ccccc32)CC1. The summed E-state index contributed by atoms with van der Waals surface area (Å²) < 4.78 is 2.26. The van der Waals surface area contributed by atoms with Crippen LogP contribution in [0.4, 0.5) is 0 Å². The highest BCUT2D eigenvalue weighted by atomic mass is 16.3. The van der Waals surface area contributed by atoms with Crippen LogP contribution in [0, 0.1) is 11.3 Å². The lowest BCUT2D eigenvalue weighted by Gasteiger charge is -2.29. The van der Waals surface area contributed by atoms with Crippen molar-refractivity contribution < 1.29 is 14.9 Å². The van der Waals surface area contributed by atoms with Gasteiger partial charge in [-0.25, -0.2) is 0 Å². The van der Waals surface area contributed by atoms with Crippen molar-refractivity contribution >= 4 is 21.8 Å². The predicted molar refractivity (Wildman–Crippen MR) is 102 cm³/mol. The molecule has 0 radical (unpaired) electrons. The predicted octanol–water partition coefficient (Wildman–Crippen LogP) is -0.538. The van der Waals surface area contributed by atoms with Crippen LogP contribution in [0.5, 0.6) is 0 Å². The first kappa shape index (κ1) is 17.0. The van der Waals surface area contributed by atoms with Gasteiger partial charge in [0.1, 0.15) is 44.9 Å². The van der Waals surface area contributed by atoms with Gasteiger partial charge in [0.2, 0.25) is 0 Å². The Morgan fingerprint density at radius 1 is 0.923 bits per heavy atom. The fraction of sp³-hybridized carbons (Fsp3) is 0.381. The highest BCUT2D eigenvalue weighted by molar-refractivity contribution is 6.07. The highest BCUT2D eigenvalue weighted by Gasteiger charge is 2.25. The number of fused-ring (bicyclic) bond motifs is 3. The lowest BCUT2D eigenvalue weighted by molar-refractivity contribution is -1.01. The molecule has 5 heteroatoms. The summed E-state index contributed by atoms with van der Waals surface area (Å²) in [4.78, 5) is 2.81. The van der Waals surface area contributed by atoms with Gasteiger partial charge in [0.25, 0.3) is 0 Å². The summed E-state index contributed by atoms with van der Waals surface area (Å²) in [5.74, 6) is 0. The van der Waals surface area contributed by atoms with Gasteiger partial charge in [0.15, 0.2) is 6.54 Å². The lowest BCUT2D eigenvalue weighted by atomic mass is 10.2. The monoisotopic (exact) mass is 350 g/mol. The smallest absolute Gasteiger partial charge is 0.165 e. The Kier molecular flexibility index (Phi) is 4.89. The van der Waals surface area contributed by atoms with Gasteiger partial charge in [-0.1, -0.05) is 36.4 Å². The van der Waals surface area contributed by atoms with Crippen LogP contribution < -0.4 is 9.80 Å². The molecule has 4 rings (SSSR count). The minimum Gasteiger partial charge on any atom is -0.385 e. The van der Waals surface area contributed by atoms with Gasteiger partial charge in [0, 0.05) is 21.8 Å². The zero-order chi connectivity index (χ0) is 17.9. The van der Waals surface area contributed by atoms with E-state index in [2.05, 4.69) is 59.2 Å². The molecule has 0 bridgehead atoms. The topological polar surface area (TPSA) is 57.8 Å². The number of para-hydroxylation sites is 2. The molecule has 0 aliphatic carbocycles. The molecule has 1 saturated heterocycles. The average molecular weight is 350 g/mol. The summed E-state index contributed by atoms with van der Waals surface area (Å²) in [6.45, 7) is 6.07. The van der Waals surface area contributed by atoms with E-state index in [0.717, 1.165) is 32.7 Å². The van der Waals surface area contributed by atoms with Crippen LogP contribution in [0.1, 0.15) is 0 Å². The maximum absolute atomic E-state index is 10.8. The number of rotatable bonds is 5. The Balaban J connectivity index is 1.49. The Morgan fingerprint density at radius 2 is 1.46 bits per heavy atom. The van der Waals surface area contributed by atoms with Crippen LogP contribution in [0.2, 0.25) is 0 Å². The third-order valence-electron chi connectivity index (χ3n) is 5.59. The van der Waals surface area contributed by atoms with E-state index in [1.807, 2.05) is 0 Å². The second kappa shape index (κ2) is 7.46. The standard InChI is InChI=1S/C21H24N4O/c22-9-10-23-11-13-24(14-12-23)15-17(26)16-25-20-7-3-1-5-18(20)19-6-2-4-8-21(19)25/h1-8,17,26H,10-16H2/p+2. The van der Waals surface area contributed by atoms with E-state index in [4.69, 9.17) is 5.26 Å². The number of nitriles is 1. The first-order valence-corrected chi connectivity index (χ1v) is 9.44. The fourth-order valence-electron chi connectivity index (χ4n) is 4.26. The molecular weight excluding hydrogens is 324 g/mol. The molecular formula is C21H26N4O+2. The summed E-state index contributed by atoms with van der Waals surface area (Å²) in [5.41, 5.74) is 2.37. The molecule has 1 fully saturated rings. The van der Waals surface area contributed by atoms with Crippen LogP contribution in [0.3, 0.4) is 0 Å². The summed E-state index contributed by atoms with van der Waals surface area (Å²) in [5, 5.41) is 22.1. The number of nitrogens with zero attached hydrogens (tertiary/aromatic N) is 2. The molecule has 5 nitrogen and oxygen atoms in total. The van der Waals surface area contributed by atoms with Crippen molar-refractivity contribution in [3.63, 3.8) is 0 Å². The van der Waals surface area contributed by atoms with Crippen molar-refractivity contribution in [2.24, 2.45) is 0 Å². The molecule has 2 heterocycles. The van der Waals surface area contributed by atoms with E-state index >= 15 is 0 Å². The Hall–Kier alpha value is -2.39. The number of benzene rings is 2. The molecule has 1 aromatic heterocycles. The third-order valence-corrected chi connectivity index (χ3v) is 5.59. The number of aliphatic hydroxyl groups is 1. The number of quaternary nitrogens is 2. The third kappa shape index (κ3) is 3.32. The molecule has 1 atom stereocenters. The summed E-state index contributed by atoms with van der Waals surface area (Å²) in [7, 11) is 0. The van der Waals surface area contributed by atoms with E-state index in [-0.39, 0.29) is 6.10 Å². The van der Waals surface area contributed by atoms with Crippen LogP contribution in [0.15, 0.2) is 48.5 Å². The van der Waals surface area contributed by atoms with Gasteiger partial charge < -0.3 is 19.5 Å². The highest BCUT2D eigenvalue weighted by Crippen LogP contribution is 2.28. The number of piperazine rings is 1. The number of nitrogens with one attached hydrogen (secondary N) is 2. The van der Waals surface area contributed by atoms with Crippen molar-refractivity contribution in [2.45, 2.75) is 12.6 Å². The maximum Gasteiger partial charge on any atom is 0.165 e. The first-order valence-electron chi connectivity index (χ1n) is 9.44. The zero-order valence-electron chi connectivity index (χ0n) is 15.0. The molecule has 26 heavy (non-hydrogen) atoms. The molecule has 2 aromatic carbocycles. The molecule has 3 N–H and O–H groups in total. The van der Waals surface area contributed by atoms with Crippen LogP contribution in [-0.4, -0.2) is 55.0 Å². The van der Waals surface area contributed by atoms with Crippen molar-refractivity contribution in [3.8, 4) is 6.07 Å². The van der Waals surface area contributed by atoms with Crippen molar-refractivity contribution in [3.05, 3.63) is 48.5 Å². The van der Waals surface area contributed by atoms with Crippen molar-refractivity contribution in [1.29, 1.82) is 5.26 Å². The van der Waals surface area contributed by atoms with Gasteiger partial charge in [-0.15, -0.1) is 0 Å². The Labute approximate surface area is 153 Å². The zero-order valence-corrected chi connectivity index (χ0v) is 15.0. The fourth-order valence-corrected chi connectivity index (χ4v) is 4.26. The van der Waals surface area contributed by atoms with Crippen LogP contribution in [0.25, 0.3) is 21.8 Å². The minimum absolute atomic E-state index is 0.373. The summed E-state index contributed by atoms with van der Waals surface area (Å²) >= 11 is 0. The lowest BCUT2D eigenvalue weighted by Crippen LogP contribution is -3.28. The van der Waals surface area contributed by atoms with Gasteiger partial charge in [0.05, 0.1) is 6.54 Å². The largest absolute Gasteiger partial charge is 0.385 e. The second-order valence-electron chi connectivity index (χ2n) is 7.34. The second-order valence-corrected chi connectivity index (χ2v) is 7.34. The van der Waals surface area contributed by atoms with Gasteiger partial charge in [-0.2, -0.15) is 5.26 Å². The van der Waals surface area contributed by atoms with E-state index < -0.39 is 0 Å². The first-order chi connectivity index (χ1) is 12.8. The van der Waals surface area contributed by atoms with E-state index in [1.54, 1.807) is 0 Å². The number of hydrogen-bond donors (Lipinski definition) is 3. The normalized spacial score (nSPS) is 21.7. The molecule has 0 amide bonds. The van der Waals surface area contributed by atoms with E-state index in [0.29, 0.717) is 13.1 Å². The minimum atomic E-state index is -0.373. The maximum atomic E-state index is 10.8. The molecule has 1 aliphatic rings. The molecule has 134 valence electrons. The van der Waals surface area contributed by atoms with Crippen molar-refractivity contribution in [2.75, 3.05) is 39.3 Å². The summed E-state index contributed by atoms with van der Waals surface area (Å²) in [6, 6.07) is 19.1. The number of aliphatic hydroxyl groups excluding tert-OH is 1. The molecule has 0 saturated carbocycles. The van der Waals surface area contributed by atoms with E-state index in [9.17, 15) is 5.11 Å². The van der Waals surface area contributed by atoms with Crippen molar-refractivity contribution in [1.82, 2.24) is 4.57 Å². The molecule has 1 aliphatic heterocycles. The average Bonchev–Trinajstić information content (AvgIpc) is 2.98. The summed E-state index contributed by atoms with van der Waals surface area (Å²) in [6.07, 6.45) is -0.373. The Bertz CT molecular complexity index is 881. The molecule has 3 aromatic rings. The number of hydrogen-bond acceptors (Lipinski definition) is 2. The van der Waals surface area contributed by atoms with Gasteiger partial charge in [-0.05, 0) is 12.1 Å². The van der Waals surface area contributed by atoms with Crippen LogP contribution in [-0.2, 0) is 6.54 Å². The van der Waals surface area contributed by atoms with Crippen LogP contribution >= 0.6 is 0 Å². The molecule has 1 unspecified atom stereocenters. The van der Waals surface area contributed by atoms with E-state index in [1.165, 1.54) is 31.6 Å². The molecule has 0 spiro atoms. The van der Waals surface area contributed by atoms with Gasteiger partial charge in [-0.3, -0.25) is 0 Å². The van der Waals surface area contributed by atoms with Gasteiger partial charge >= 0.3 is 0 Å².